The van der Waals surface area contributed by atoms with Crippen molar-refractivity contribution in [1.82, 2.24) is 10.2 Å². The van der Waals surface area contributed by atoms with Gasteiger partial charge in [-0.25, -0.2) is 4.39 Å². The second kappa shape index (κ2) is 8.65. The topological polar surface area (TPSA) is 65.4 Å². The third-order valence-corrected chi connectivity index (χ3v) is 4.81. The van der Waals surface area contributed by atoms with Crippen LogP contribution in [0.4, 0.5) is 4.39 Å². The van der Waals surface area contributed by atoms with Crippen molar-refractivity contribution in [3.63, 3.8) is 0 Å². The number of nitrogens with one attached hydrogen (secondary N) is 1. The maximum absolute atomic E-state index is 13.0. The minimum atomic E-state index is -0.362. The molecule has 1 aliphatic heterocycles. The molecule has 0 bridgehead atoms. The molecule has 0 aromatic heterocycles. The highest BCUT2D eigenvalue weighted by atomic mass is 19.1. The quantitative estimate of drug-likeness (QED) is 0.845. The molecular weight excluding hydrogens is 345 g/mol. The van der Waals surface area contributed by atoms with Crippen molar-refractivity contribution in [3.8, 4) is 17.6 Å². The molecule has 0 radical (unpaired) electrons. The number of hydrogen-bond acceptors (Lipinski definition) is 4. The van der Waals surface area contributed by atoms with Gasteiger partial charge in [-0.3, -0.25) is 9.69 Å². The number of benzene rings is 2. The lowest BCUT2D eigenvalue weighted by molar-refractivity contribution is 0.0941. The summed E-state index contributed by atoms with van der Waals surface area (Å²) in [4.78, 5) is 14.8. The monoisotopic (exact) mass is 367 g/mol. The Morgan fingerprint density at radius 2 is 2.11 bits per heavy atom. The van der Waals surface area contributed by atoms with Crippen molar-refractivity contribution in [2.45, 2.75) is 25.8 Å². The number of halogens is 1. The normalized spacial score (nSPS) is 16.7. The number of amides is 1. The molecule has 1 amide bonds. The number of ether oxygens (including phenoxy) is 1. The molecule has 3 rings (SSSR count). The molecule has 140 valence electrons. The standard InChI is InChI=1S/C21H22FN3O2/c1-2-25-11-3-4-18(25)14-24-21(26)15-5-10-20(16(12-15)13-23)27-19-8-6-17(22)7-9-19/h5-10,12,18H,2-4,11,14H2,1H3,(H,24,26). The number of carbonyl (C=O) groups is 1. The molecule has 1 heterocycles. The molecule has 5 nitrogen and oxygen atoms in total. The molecule has 0 saturated carbocycles. The maximum Gasteiger partial charge on any atom is 0.251 e. The Kier molecular flexibility index (Phi) is 6.05. The molecule has 2 aromatic carbocycles. The predicted molar refractivity (Wildman–Crippen MR) is 100 cm³/mol. The van der Waals surface area contributed by atoms with E-state index in [-0.39, 0.29) is 17.3 Å². The number of hydrogen-bond donors (Lipinski definition) is 1. The van der Waals surface area contributed by atoms with Crippen molar-refractivity contribution < 1.29 is 13.9 Å². The third-order valence-electron chi connectivity index (χ3n) is 4.81. The summed E-state index contributed by atoms with van der Waals surface area (Å²) in [5, 5.41) is 12.3. The highest BCUT2D eigenvalue weighted by Gasteiger charge is 2.23. The Balaban J connectivity index is 1.67. The van der Waals surface area contributed by atoms with E-state index in [2.05, 4.69) is 17.1 Å². The SMILES string of the molecule is CCN1CCCC1CNC(=O)c1ccc(Oc2ccc(F)cc2)c(C#N)c1. The number of nitriles is 1. The predicted octanol–water partition coefficient (Wildman–Crippen LogP) is 3.70. The van der Waals surface area contributed by atoms with Gasteiger partial charge in [0.25, 0.3) is 5.91 Å². The molecule has 1 fully saturated rings. The van der Waals surface area contributed by atoms with E-state index in [1.807, 2.05) is 6.07 Å². The van der Waals surface area contributed by atoms with Crippen molar-refractivity contribution >= 4 is 5.91 Å². The molecule has 27 heavy (non-hydrogen) atoms. The molecule has 1 saturated heterocycles. The second-order valence-electron chi connectivity index (χ2n) is 6.51. The van der Waals surface area contributed by atoms with Crippen molar-refractivity contribution in [2.75, 3.05) is 19.6 Å². The summed E-state index contributed by atoms with van der Waals surface area (Å²) < 4.78 is 18.6. The van der Waals surface area contributed by atoms with Gasteiger partial charge in [0, 0.05) is 18.2 Å². The van der Waals surface area contributed by atoms with Crippen LogP contribution in [-0.4, -0.2) is 36.5 Å². The van der Waals surface area contributed by atoms with Gasteiger partial charge in [-0.1, -0.05) is 6.92 Å². The molecular formula is C21H22FN3O2. The van der Waals surface area contributed by atoms with Crippen LogP contribution in [0.3, 0.4) is 0 Å². The molecule has 1 atom stereocenters. The zero-order valence-corrected chi connectivity index (χ0v) is 15.2. The van der Waals surface area contributed by atoms with E-state index in [0.29, 0.717) is 29.6 Å². The highest BCUT2D eigenvalue weighted by Crippen LogP contribution is 2.26. The molecule has 0 aliphatic carbocycles. The number of nitrogens with zero attached hydrogens (tertiary/aromatic N) is 2. The minimum Gasteiger partial charge on any atom is -0.456 e. The van der Waals surface area contributed by atoms with Crippen molar-refractivity contribution in [2.24, 2.45) is 0 Å². The Hall–Kier alpha value is -2.91. The second-order valence-corrected chi connectivity index (χ2v) is 6.51. The van der Waals surface area contributed by atoms with E-state index in [9.17, 15) is 14.4 Å². The largest absolute Gasteiger partial charge is 0.456 e. The average Bonchev–Trinajstić information content (AvgIpc) is 3.15. The Labute approximate surface area is 158 Å². The van der Waals surface area contributed by atoms with Gasteiger partial charge in [-0.05, 0) is 68.4 Å². The fraction of sp³-hybridized carbons (Fsp3) is 0.333. The first-order chi connectivity index (χ1) is 13.1. The van der Waals surface area contributed by atoms with E-state index in [1.165, 1.54) is 30.3 Å². The van der Waals surface area contributed by atoms with Crippen LogP contribution in [0.15, 0.2) is 42.5 Å². The van der Waals surface area contributed by atoms with Crippen LogP contribution in [0, 0.1) is 17.1 Å². The van der Waals surface area contributed by atoms with E-state index in [4.69, 9.17) is 4.74 Å². The summed E-state index contributed by atoms with van der Waals surface area (Å²) in [5.74, 6) is 0.182. The van der Waals surface area contributed by atoms with Gasteiger partial charge in [-0.15, -0.1) is 0 Å². The smallest absolute Gasteiger partial charge is 0.251 e. The zero-order valence-electron chi connectivity index (χ0n) is 15.2. The molecule has 1 unspecified atom stereocenters. The van der Waals surface area contributed by atoms with Crippen molar-refractivity contribution in [1.29, 1.82) is 5.26 Å². The van der Waals surface area contributed by atoms with E-state index in [0.717, 1.165) is 25.9 Å². The summed E-state index contributed by atoms with van der Waals surface area (Å²) in [7, 11) is 0. The number of rotatable bonds is 6. The first-order valence-electron chi connectivity index (χ1n) is 9.10. The summed E-state index contributed by atoms with van der Waals surface area (Å²) in [5.41, 5.74) is 0.669. The average molecular weight is 367 g/mol. The van der Waals surface area contributed by atoms with E-state index >= 15 is 0 Å². The van der Waals surface area contributed by atoms with Gasteiger partial charge in [0.15, 0.2) is 0 Å². The Bertz CT molecular complexity index is 845. The number of carbonyl (C=O) groups excluding carboxylic acids is 1. The van der Waals surface area contributed by atoms with E-state index in [1.54, 1.807) is 12.1 Å². The lowest BCUT2D eigenvalue weighted by Crippen LogP contribution is -2.40. The fourth-order valence-corrected chi connectivity index (χ4v) is 3.33. The van der Waals surface area contributed by atoms with Crippen LogP contribution in [-0.2, 0) is 0 Å². The summed E-state index contributed by atoms with van der Waals surface area (Å²) in [6, 6.07) is 12.7. The number of likely N-dealkylation sites (N-methyl/N-ethyl adjacent to an activating group) is 1. The highest BCUT2D eigenvalue weighted by molar-refractivity contribution is 5.94. The van der Waals surface area contributed by atoms with Gasteiger partial charge in [0.2, 0.25) is 0 Å². The first-order valence-corrected chi connectivity index (χ1v) is 9.10. The van der Waals surface area contributed by atoms with Gasteiger partial charge in [0.1, 0.15) is 23.4 Å². The van der Waals surface area contributed by atoms with Crippen LogP contribution in [0.5, 0.6) is 11.5 Å². The molecule has 6 heteroatoms. The Morgan fingerprint density at radius 3 is 2.81 bits per heavy atom. The van der Waals surface area contributed by atoms with E-state index < -0.39 is 0 Å². The number of likely N-dealkylation sites (tertiary alicyclic amines) is 1. The third kappa shape index (κ3) is 4.63. The van der Waals surface area contributed by atoms with Gasteiger partial charge >= 0.3 is 0 Å². The molecule has 1 aliphatic rings. The van der Waals surface area contributed by atoms with Gasteiger partial charge < -0.3 is 10.1 Å². The summed E-state index contributed by atoms with van der Waals surface area (Å²) in [6.45, 7) is 4.78. The first kappa shape index (κ1) is 18.9. The Morgan fingerprint density at radius 1 is 1.33 bits per heavy atom. The molecule has 2 aromatic rings. The van der Waals surface area contributed by atoms with Crippen LogP contribution >= 0.6 is 0 Å². The molecule has 1 N–H and O–H groups in total. The van der Waals surface area contributed by atoms with Crippen LogP contribution in [0.1, 0.15) is 35.7 Å². The van der Waals surface area contributed by atoms with Crippen LogP contribution < -0.4 is 10.1 Å². The minimum absolute atomic E-state index is 0.206. The fourth-order valence-electron chi connectivity index (χ4n) is 3.33. The maximum atomic E-state index is 13.0. The van der Waals surface area contributed by atoms with Gasteiger partial charge in [0.05, 0.1) is 5.56 Å². The lowest BCUT2D eigenvalue weighted by Gasteiger charge is -2.22. The summed E-state index contributed by atoms with van der Waals surface area (Å²) in [6.07, 6.45) is 2.24. The van der Waals surface area contributed by atoms with Crippen molar-refractivity contribution in [3.05, 3.63) is 59.4 Å². The van der Waals surface area contributed by atoms with Crippen LogP contribution in [0.2, 0.25) is 0 Å². The lowest BCUT2D eigenvalue weighted by atomic mass is 10.1. The zero-order chi connectivity index (χ0) is 19.2. The summed E-state index contributed by atoms with van der Waals surface area (Å²) >= 11 is 0. The van der Waals surface area contributed by atoms with Gasteiger partial charge in [-0.2, -0.15) is 5.26 Å². The van der Waals surface area contributed by atoms with Crippen LogP contribution in [0.25, 0.3) is 0 Å². The molecule has 0 spiro atoms.